The molecule has 0 spiro atoms. The first-order valence-corrected chi connectivity index (χ1v) is 10.6. The lowest BCUT2D eigenvalue weighted by atomic mass is 10.0. The number of ketones is 1. The number of hydrogen-bond acceptors (Lipinski definition) is 4. The fraction of sp³-hybridized carbons (Fsp3) is 0. The number of carbonyl (C=O) groups excluding carboxylic acids is 1. The van der Waals surface area contributed by atoms with Crippen LogP contribution in [0.3, 0.4) is 0 Å². The number of benzene rings is 4. The summed E-state index contributed by atoms with van der Waals surface area (Å²) in [5, 5.41) is 4.72. The fourth-order valence-corrected chi connectivity index (χ4v) is 6.37. The van der Waals surface area contributed by atoms with Crippen LogP contribution < -0.4 is 9.96 Å². The van der Waals surface area contributed by atoms with Gasteiger partial charge in [-0.25, -0.2) is 0 Å². The monoisotopic (exact) mass is 396 g/mol. The zero-order valence-corrected chi connectivity index (χ0v) is 16.2. The Morgan fingerprint density at radius 1 is 0.679 bits per heavy atom. The Balaban J connectivity index is 1.73. The van der Waals surface area contributed by atoms with Gasteiger partial charge < -0.3 is 0 Å². The molecule has 2 heterocycles. The van der Waals surface area contributed by atoms with E-state index in [0.717, 1.165) is 36.7 Å². The first-order chi connectivity index (χ1) is 13.7. The van der Waals surface area contributed by atoms with Crippen LogP contribution in [-0.2, 0) is 0 Å². The molecule has 6 rings (SSSR count). The van der Waals surface area contributed by atoms with Gasteiger partial charge in [-0.2, -0.15) is 0 Å². The molecule has 0 amide bonds. The number of rotatable bonds is 0. The summed E-state index contributed by atoms with van der Waals surface area (Å²) < 4.78 is 1.57. The van der Waals surface area contributed by atoms with Gasteiger partial charge in [0.05, 0.1) is 9.44 Å². The standard InChI is InChI=1S/C24H12O2S2/c25-21-16-9-3-6-14-7-4-10-17(19(14)16)27-23(21)24-22(26)20-15-8-2-1-5-13(15)11-12-18(20)28-24/h1-12H/b24-23+. The maximum atomic E-state index is 13.4. The summed E-state index contributed by atoms with van der Waals surface area (Å²) in [7, 11) is 0. The van der Waals surface area contributed by atoms with E-state index in [1.165, 1.54) is 23.1 Å². The van der Waals surface area contributed by atoms with E-state index in [1.54, 1.807) is 0 Å². The number of thioether (sulfide) groups is 1. The third-order valence-corrected chi connectivity index (χ3v) is 7.71. The summed E-state index contributed by atoms with van der Waals surface area (Å²) in [6.07, 6.45) is 0. The maximum Gasteiger partial charge on any atom is 0.204 e. The van der Waals surface area contributed by atoms with Gasteiger partial charge >= 0.3 is 0 Å². The molecular weight excluding hydrogens is 384 g/mol. The minimum absolute atomic E-state index is 0.0424. The lowest BCUT2D eigenvalue weighted by Crippen LogP contribution is -2.25. The molecular formula is C24H12O2S2. The average Bonchev–Trinajstić information content (AvgIpc) is 3.07. The minimum atomic E-state index is -0.0535. The van der Waals surface area contributed by atoms with Crippen LogP contribution in [0.5, 0.6) is 0 Å². The highest BCUT2D eigenvalue weighted by molar-refractivity contribution is 8.10. The van der Waals surface area contributed by atoms with Crippen LogP contribution in [0.1, 0.15) is 10.4 Å². The van der Waals surface area contributed by atoms with Crippen molar-refractivity contribution in [3.8, 4) is 0 Å². The van der Waals surface area contributed by atoms with Crippen molar-refractivity contribution in [2.45, 2.75) is 4.90 Å². The van der Waals surface area contributed by atoms with E-state index in [9.17, 15) is 9.59 Å². The minimum Gasteiger partial charge on any atom is -0.288 e. The molecule has 1 aliphatic heterocycles. The van der Waals surface area contributed by atoms with Crippen LogP contribution in [-0.4, -0.2) is 5.78 Å². The van der Waals surface area contributed by atoms with Crippen molar-refractivity contribution < 1.29 is 4.79 Å². The molecule has 0 atom stereocenters. The van der Waals surface area contributed by atoms with Gasteiger partial charge in [-0.3, -0.25) is 9.59 Å². The van der Waals surface area contributed by atoms with Crippen molar-refractivity contribution in [2.75, 3.05) is 0 Å². The van der Waals surface area contributed by atoms with Gasteiger partial charge in [0.25, 0.3) is 0 Å². The summed E-state index contributed by atoms with van der Waals surface area (Å²) in [6, 6.07) is 23.8. The second-order valence-corrected chi connectivity index (χ2v) is 8.94. The van der Waals surface area contributed by atoms with Gasteiger partial charge in [-0.05, 0) is 28.3 Å². The van der Waals surface area contributed by atoms with Crippen molar-refractivity contribution in [2.24, 2.45) is 0 Å². The van der Waals surface area contributed by atoms with Gasteiger partial charge in [0.15, 0.2) is 0 Å². The molecule has 0 aliphatic carbocycles. The van der Waals surface area contributed by atoms with E-state index in [-0.39, 0.29) is 11.2 Å². The van der Waals surface area contributed by atoms with E-state index in [1.807, 2.05) is 72.8 Å². The maximum absolute atomic E-state index is 13.4. The molecule has 4 heteroatoms. The van der Waals surface area contributed by atoms with Crippen molar-refractivity contribution in [3.63, 3.8) is 0 Å². The topological polar surface area (TPSA) is 34.1 Å². The summed E-state index contributed by atoms with van der Waals surface area (Å²) in [5.41, 5.74) is 0.665. The normalized spacial score (nSPS) is 15.6. The lowest BCUT2D eigenvalue weighted by molar-refractivity contribution is 0.106. The zero-order valence-electron chi connectivity index (χ0n) is 14.6. The molecule has 0 bridgehead atoms. The summed E-state index contributed by atoms with van der Waals surface area (Å²) in [5.74, 6) is -0.0424. The highest BCUT2D eigenvalue weighted by Gasteiger charge is 2.29. The highest BCUT2D eigenvalue weighted by atomic mass is 32.2. The lowest BCUT2D eigenvalue weighted by Gasteiger charge is -2.04. The van der Waals surface area contributed by atoms with Crippen LogP contribution in [0.2, 0.25) is 0 Å². The Kier molecular flexibility index (Phi) is 3.31. The van der Waals surface area contributed by atoms with Crippen LogP contribution in [0.4, 0.5) is 0 Å². The largest absolute Gasteiger partial charge is 0.288 e. The molecule has 4 aromatic carbocycles. The van der Waals surface area contributed by atoms with Gasteiger partial charge in [-0.1, -0.05) is 72.4 Å². The van der Waals surface area contributed by atoms with Crippen molar-refractivity contribution in [1.29, 1.82) is 0 Å². The molecule has 132 valence electrons. The molecule has 0 N–H and O–H groups in total. The third-order valence-electron chi connectivity index (χ3n) is 5.27. The Morgan fingerprint density at radius 2 is 1.43 bits per heavy atom. The Bertz CT molecular complexity index is 1570. The third kappa shape index (κ3) is 2.10. The molecule has 0 radical (unpaired) electrons. The molecule has 5 aromatic rings. The fourth-order valence-electron chi connectivity index (χ4n) is 4.00. The highest BCUT2D eigenvalue weighted by Crippen LogP contribution is 2.43. The molecule has 1 aliphatic rings. The van der Waals surface area contributed by atoms with E-state index >= 15 is 0 Å². The number of carbonyl (C=O) groups is 1. The first-order valence-electron chi connectivity index (χ1n) is 8.95. The van der Waals surface area contributed by atoms with Crippen LogP contribution in [0.15, 0.2) is 82.5 Å². The predicted octanol–water partition coefficient (Wildman–Crippen LogP) is 5.38. The molecule has 0 saturated carbocycles. The van der Waals surface area contributed by atoms with E-state index in [2.05, 4.69) is 0 Å². The van der Waals surface area contributed by atoms with Gasteiger partial charge in [0.2, 0.25) is 11.2 Å². The quantitative estimate of drug-likeness (QED) is 0.352. The van der Waals surface area contributed by atoms with Crippen molar-refractivity contribution in [1.82, 2.24) is 0 Å². The Labute approximate surface area is 168 Å². The van der Waals surface area contributed by atoms with E-state index in [4.69, 9.17) is 0 Å². The molecule has 0 fully saturated rings. The van der Waals surface area contributed by atoms with E-state index < -0.39 is 0 Å². The molecule has 28 heavy (non-hydrogen) atoms. The SMILES string of the molecule is O=C1/C(=c2\sc3cccc4cccc(c2=O)c43)Sc2ccc3ccccc3c21. The molecule has 0 unspecified atom stereocenters. The summed E-state index contributed by atoms with van der Waals surface area (Å²) in [4.78, 5) is 28.1. The first kappa shape index (κ1) is 16.0. The number of fused-ring (bicyclic) bond motifs is 3. The van der Waals surface area contributed by atoms with Gasteiger partial charge in [-0.15, -0.1) is 11.3 Å². The summed E-state index contributed by atoms with van der Waals surface area (Å²) in [6.45, 7) is 0. The number of Topliss-reactive ketones (excluding diaryl/α,β-unsaturated/α-hetero) is 1. The average molecular weight is 396 g/mol. The molecule has 0 saturated heterocycles. The van der Waals surface area contributed by atoms with Crippen molar-refractivity contribution >= 4 is 65.4 Å². The van der Waals surface area contributed by atoms with Crippen LogP contribution >= 0.6 is 23.1 Å². The smallest absolute Gasteiger partial charge is 0.204 e. The van der Waals surface area contributed by atoms with Gasteiger partial charge in [0, 0.05) is 25.9 Å². The zero-order chi connectivity index (χ0) is 18.8. The molecule has 2 nitrogen and oxygen atoms in total. The second kappa shape index (κ2) is 5.77. The van der Waals surface area contributed by atoms with Gasteiger partial charge in [0.1, 0.15) is 0 Å². The Hall–Kier alpha value is -2.95. The summed E-state index contributed by atoms with van der Waals surface area (Å²) >= 11 is 2.84. The van der Waals surface area contributed by atoms with Crippen LogP contribution in [0, 0.1) is 0 Å². The second-order valence-electron chi connectivity index (χ2n) is 6.84. The van der Waals surface area contributed by atoms with Crippen LogP contribution in [0.25, 0.3) is 36.5 Å². The van der Waals surface area contributed by atoms with E-state index in [0.29, 0.717) is 14.8 Å². The number of hydrogen-bond donors (Lipinski definition) is 0. The Morgan fingerprint density at radius 3 is 2.32 bits per heavy atom. The predicted molar refractivity (Wildman–Crippen MR) is 118 cm³/mol. The molecule has 1 aromatic heterocycles. The van der Waals surface area contributed by atoms with Crippen molar-refractivity contribution in [3.05, 3.63) is 93.1 Å².